The Morgan fingerprint density at radius 1 is 1.10 bits per heavy atom. The number of aryl methyl sites for hydroxylation is 1. The van der Waals surface area contributed by atoms with Gasteiger partial charge in [0.1, 0.15) is 16.9 Å². The van der Waals surface area contributed by atoms with Crippen LogP contribution in [0.1, 0.15) is 36.2 Å². The molecule has 1 aromatic heterocycles. The number of hydrogen-bond acceptors (Lipinski definition) is 5. The van der Waals surface area contributed by atoms with Gasteiger partial charge in [-0.25, -0.2) is 4.79 Å². The topological polar surface area (TPSA) is 97.6 Å². The van der Waals surface area contributed by atoms with Crippen molar-refractivity contribution in [1.29, 1.82) is 0 Å². The van der Waals surface area contributed by atoms with Gasteiger partial charge in [-0.1, -0.05) is 18.2 Å². The highest BCUT2D eigenvalue weighted by atomic mass is 16.5. The number of amides is 2. The van der Waals surface area contributed by atoms with E-state index in [-0.39, 0.29) is 30.5 Å². The van der Waals surface area contributed by atoms with E-state index in [0.717, 1.165) is 11.3 Å². The van der Waals surface area contributed by atoms with Gasteiger partial charge in [0.25, 0.3) is 5.91 Å². The van der Waals surface area contributed by atoms with Crippen molar-refractivity contribution in [3.05, 3.63) is 70.1 Å². The minimum atomic E-state index is -0.744. The molecular formula is C23H24N2O5. The lowest BCUT2D eigenvalue weighted by Gasteiger charge is -2.10. The Labute approximate surface area is 174 Å². The third kappa shape index (κ3) is 5.26. The van der Waals surface area contributed by atoms with Crippen LogP contribution in [0.2, 0.25) is 0 Å². The Morgan fingerprint density at radius 3 is 2.60 bits per heavy atom. The Bertz CT molecular complexity index is 1130. The van der Waals surface area contributed by atoms with Gasteiger partial charge in [-0.2, -0.15) is 0 Å². The first-order valence-electron chi connectivity index (χ1n) is 9.71. The van der Waals surface area contributed by atoms with E-state index in [1.54, 1.807) is 18.2 Å². The molecule has 7 nitrogen and oxygen atoms in total. The number of carbonyl (C=O) groups excluding carboxylic acids is 2. The fraction of sp³-hybridized carbons (Fsp3) is 0.261. The Kier molecular flexibility index (Phi) is 6.51. The lowest BCUT2D eigenvalue weighted by molar-refractivity contribution is -0.116. The zero-order valence-corrected chi connectivity index (χ0v) is 17.2. The van der Waals surface area contributed by atoms with E-state index in [1.807, 2.05) is 45.0 Å². The van der Waals surface area contributed by atoms with Crippen molar-refractivity contribution >= 4 is 28.5 Å². The molecule has 3 aromatic rings. The maximum absolute atomic E-state index is 12.4. The normalized spacial score (nSPS) is 10.8. The molecule has 0 fully saturated rings. The van der Waals surface area contributed by atoms with Gasteiger partial charge >= 0.3 is 5.63 Å². The summed E-state index contributed by atoms with van der Waals surface area (Å²) in [6.45, 7) is 5.79. The van der Waals surface area contributed by atoms with Crippen LogP contribution in [-0.4, -0.2) is 24.5 Å². The molecular weight excluding hydrogens is 384 g/mol. The highest BCUT2D eigenvalue weighted by Crippen LogP contribution is 2.21. The summed E-state index contributed by atoms with van der Waals surface area (Å²) in [5, 5.41) is 5.99. The van der Waals surface area contributed by atoms with Crippen LogP contribution in [0.5, 0.6) is 5.75 Å². The van der Waals surface area contributed by atoms with E-state index in [9.17, 15) is 14.4 Å². The van der Waals surface area contributed by atoms with Crippen LogP contribution in [0.15, 0.2) is 57.7 Å². The predicted octanol–water partition coefficient (Wildman–Crippen LogP) is 3.65. The zero-order valence-electron chi connectivity index (χ0n) is 17.2. The number of hydrogen-bond donors (Lipinski definition) is 2. The second-order valence-electron chi connectivity index (χ2n) is 7.18. The van der Waals surface area contributed by atoms with Gasteiger partial charge in [0.2, 0.25) is 5.91 Å². The number of anilines is 1. The molecule has 0 unspecified atom stereocenters. The predicted molar refractivity (Wildman–Crippen MR) is 115 cm³/mol. The third-order valence-corrected chi connectivity index (χ3v) is 4.38. The number of nitrogens with one attached hydrogen (secondary N) is 2. The summed E-state index contributed by atoms with van der Waals surface area (Å²) < 4.78 is 10.9. The van der Waals surface area contributed by atoms with Crippen LogP contribution in [0.4, 0.5) is 5.69 Å². The standard InChI is InChI=1S/C23H24N2O5/c1-14(2)29-17-9-8-16-12-18(23(28)30-20(16)13-17)22(27)24-11-10-21(26)25-19-7-5-4-6-15(19)3/h4-9,12-14H,10-11H2,1-3H3,(H,24,27)(H,25,26). The molecule has 0 atom stereocenters. The molecule has 0 radical (unpaired) electrons. The van der Waals surface area contributed by atoms with Gasteiger partial charge in [-0.15, -0.1) is 0 Å². The largest absolute Gasteiger partial charge is 0.491 e. The number of para-hydroxylation sites is 1. The summed E-state index contributed by atoms with van der Waals surface area (Å²) in [5.74, 6) is -0.234. The fourth-order valence-electron chi connectivity index (χ4n) is 2.91. The smallest absolute Gasteiger partial charge is 0.349 e. The summed E-state index contributed by atoms with van der Waals surface area (Å²) >= 11 is 0. The SMILES string of the molecule is Cc1ccccc1NC(=O)CCNC(=O)c1cc2ccc(OC(C)C)cc2oc1=O. The molecule has 0 bridgehead atoms. The highest BCUT2D eigenvalue weighted by molar-refractivity contribution is 5.97. The number of ether oxygens (including phenoxy) is 1. The maximum atomic E-state index is 12.4. The molecule has 0 saturated carbocycles. The average molecular weight is 408 g/mol. The first-order chi connectivity index (χ1) is 14.3. The van der Waals surface area contributed by atoms with Gasteiger partial charge in [0, 0.05) is 30.1 Å². The summed E-state index contributed by atoms with van der Waals surface area (Å²) in [7, 11) is 0. The van der Waals surface area contributed by atoms with Gasteiger partial charge in [-0.3, -0.25) is 9.59 Å². The Morgan fingerprint density at radius 2 is 1.87 bits per heavy atom. The van der Waals surface area contributed by atoms with E-state index >= 15 is 0 Å². The monoisotopic (exact) mass is 408 g/mol. The minimum Gasteiger partial charge on any atom is -0.491 e. The third-order valence-electron chi connectivity index (χ3n) is 4.38. The van der Waals surface area contributed by atoms with Crippen molar-refractivity contribution in [1.82, 2.24) is 5.32 Å². The first kappa shape index (κ1) is 21.1. The molecule has 2 N–H and O–H groups in total. The van der Waals surface area contributed by atoms with E-state index in [0.29, 0.717) is 16.7 Å². The van der Waals surface area contributed by atoms with Crippen LogP contribution < -0.4 is 21.0 Å². The molecule has 0 aliphatic rings. The van der Waals surface area contributed by atoms with Gasteiger partial charge in [0.05, 0.1) is 6.10 Å². The van der Waals surface area contributed by atoms with Crippen molar-refractivity contribution in [3.8, 4) is 5.75 Å². The van der Waals surface area contributed by atoms with Gasteiger partial charge < -0.3 is 19.8 Å². The Hall–Kier alpha value is -3.61. The number of benzene rings is 2. The van der Waals surface area contributed by atoms with E-state index < -0.39 is 11.5 Å². The minimum absolute atomic E-state index is 0.0118. The molecule has 2 aromatic carbocycles. The molecule has 7 heteroatoms. The molecule has 156 valence electrons. The van der Waals surface area contributed by atoms with Crippen molar-refractivity contribution in [3.63, 3.8) is 0 Å². The van der Waals surface area contributed by atoms with Crippen molar-refractivity contribution in [2.75, 3.05) is 11.9 Å². The summed E-state index contributed by atoms with van der Waals surface area (Å²) in [6.07, 6.45) is 0.0664. The van der Waals surface area contributed by atoms with Crippen molar-refractivity contribution < 1.29 is 18.7 Å². The number of rotatable bonds is 7. The highest BCUT2D eigenvalue weighted by Gasteiger charge is 2.15. The second kappa shape index (κ2) is 9.26. The second-order valence-corrected chi connectivity index (χ2v) is 7.18. The molecule has 30 heavy (non-hydrogen) atoms. The van der Waals surface area contributed by atoms with Crippen molar-refractivity contribution in [2.45, 2.75) is 33.3 Å². The maximum Gasteiger partial charge on any atom is 0.349 e. The Balaban J connectivity index is 1.62. The van der Waals surface area contributed by atoms with Crippen LogP contribution in [0.3, 0.4) is 0 Å². The molecule has 1 heterocycles. The molecule has 2 amide bonds. The summed E-state index contributed by atoms with van der Waals surface area (Å²) in [4.78, 5) is 36.7. The average Bonchev–Trinajstić information content (AvgIpc) is 2.68. The first-order valence-corrected chi connectivity index (χ1v) is 9.71. The van der Waals surface area contributed by atoms with E-state index in [4.69, 9.17) is 9.15 Å². The van der Waals surface area contributed by atoms with E-state index in [1.165, 1.54) is 6.07 Å². The van der Waals surface area contributed by atoms with Gasteiger partial charge in [0.15, 0.2) is 0 Å². The molecule has 0 aliphatic heterocycles. The molecule has 3 rings (SSSR count). The molecule has 0 spiro atoms. The van der Waals surface area contributed by atoms with Crippen LogP contribution in [-0.2, 0) is 4.79 Å². The number of fused-ring (bicyclic) bond motifs is 1. The number of carbonyl (C=O) groups is 2. The zero-order chi connectivity index (χ0) is 21.7. The quantitative estimate of drug-likeness (QED) is 0.582. The fourth-order valence-corrected chi connectivity index (χ4v) is 2.91. The van der Waals surface area contributed by atoms with Crippen LogP contribution in [0.25, 0.3) is 11.0 Å². The molecule has 0 aliphatic carbocycles. The van der Waals surface area contributed by atoms with Gasteiger partial charge in [-0.05, 0) is 50.6 Å². The lowest BCUT2D eigenvalue weighted by atomic mass is 10.1. The van der Waals surface area contributed by atoms with Crippen LogP contribution >= 0.6 is 0 Å². The van der Waals surface area contributed by atoms with Crippen LogP contribution in [0, 0.1) is 6.92 Å². The summed E-state index contributed by atoms with van der Waals surface area (Å²) in [6, 6.07) is 14.0. The summed E-state index contributed by atoms with van der Waals surface area (Å²) in [5.41, 5.74) is 1.16. The molecule has 0 saturated heterocycles. The van der Waals surface area contributed by atoms with E-state index in [2.05, 4.69) is 10.6 Å². The lowest BCUT2D eigenvalue weighted by Crippen LogP contribution is -2.31. The van der Waals surface area contributed by atoms with Crippen molar-refractivity contribution in [2.24, 2.45) is 0 Å².